The molecule has 0 saturated carbocycles. The maximum Gasteiger partial charge on any atom is 0.253 e. The molecule has 2 aliphatic rings. The molecule has 1 heterocycles. The molecule has 2 aromatic rings. The summed E-state index contributed by atoms with van der Waals surface area (Å²) in [5, 5.41) is 0. The first-order valence-corrected chi connectivity index (χ1v) is 10.1. The number of benzene rings is 2. The molecule has 1 fully saturated rings. The number of piperidine rings is 1. The van der Waals surface area contributed by atoms with E-state index in [0.29, 0.717) is 6.42 Å². The van der Waals surface area contributed by atoms with Gasteiger partial charge in [-0.1, -0.05) is 42.5 Å². The minimum absolute atomic E-state index is 0.0985. The van der Waals surface area contributed by atoms with Gasteiger partial charge in [-0.15, -0.1) is 0 Å². The normalized spacial score (nSPS) is 20.1. The molecule has 0 unspecified atom stereocenters. The third kappa shape index (κ3) is 3.32. The summed E-state index contributed by atoms with van der Waals surface area (Å²) in [6, 6.07) is 18.2. The van der Waals surface area contributed by atoms with Gasteiger partial charge in [0.25, 0.3) is 5.91 Å². The van der Waals surface area contributed by atoms with Gasteiger partial charge in [-0.25, -0.2) is 0 Å². The summed E-state index contributed by atoms with van der Waals surface area (Å²) in [5.41, 5.74) is 3.60. The van der Waals surface area contributed by atoms with E-state index < -0.39 is 0 Å². The van der Waals surface area contributed by atoms with E-state index in [9.17, 15) is 9.59 Å². The number of hydrogen-bond donors (Lipinski definition) is 0. The zero-order valence-corrected chi connectivity index (χ0v) is 16.7. The van der Waals surface area contributed by atoms with Crippen molar-refractivity contribution >= 4 is 11.8 Å². The molecule has 0 N–H and O–H groups in total. The molecule has 4 heteroatoms. The number of likely N-dealkylation sites (tertiary alicyclic amines) is 1. The lowest BCUT2D eigenvalue weighted by atomic mass is 9.73. The quantitative estimate of drug-likeness (QED) is 0.817. The van der Waals surface area contributed by atoms with Crippen LogP contribution in [0.15, 0.2) is 54.6 Å². The molecule has 4 rings (SSSR count). The van der Waals surface area contributed by atoms with Crippen LogP contribution in [0.4, 0.5) is 0 Å². The van der Waals surface area contributed by atoms with Crippen LogP contribution in [0.2, 0.25) is 0 Å². The number of carbonyl (C=O) groups excluding carboxylic acids is 2. The average molecular weight is 377 g/mol. The van der Waals surface area contributed by atoms with Gasteiger partial charge in [-0.2, -0.15) is 0 Å². The van der Waals surface area contributed by atoms with Crippen LogP contribution in [0.25, 0.3) is 0 Å². The SMILES string of the molecule is CN(C)C(=O)C[C@H]1CC2(CCN(C(=O)c3ccccc3)CC2)c2ccccc21. The molecule has 1 atom stereocenters. The van der Waals surface area contributed by atoms with Gasteiger partial charge in [0.2, 0.25) is 5.91 Å². The van der Waals surface area contributed by atoms with E-state index in [0.717, 1.165) is 37.9 Å². The van der Waals surface area contributed by atoms with Crippen LogP contribution in [-0.4, -0.2) is 48.8 Å². The summed E-state index contributed by atoms with van der Waals surface area (Å²) in [6.45, 7) is 1.55. The maximum atomic E-state index is 12.8. The van der Waals surface area contributed by atoms with Crippen LogP contribution >= 0.6 is 0 Å². The summed E-state index contributed by atoms with van der Waals surface area (Å²) in [5.74, 6) is 0.595. The second-order valence-electron chi connectivity index (χ2n) is 8.42. The van der Waals surface area contributed by atoms with Gasteiger partial charge in [-0.3, -0.25) is 9.59 Å². The standard InChI is InChI=1S/C24H28N2O2/c1-25(2)22(27)16-19-17-24(21-11-7-6-10-20(19)21)12-14-26(15-13-24)23(28)18-8-4-3-5-9-18/h3-11,19H,12-17H2,1-2H3/t19-/m0/s1. The van der Waals surface area contributed by atoms with Gasteiger partial charge in [0.1, 0.15) is 0 Å². The molecular formula is C24H28N2O2. The molecule has 1 saturated heterocycles. The van der Waals surface area contributed by atoms with Crippen molar-refractivity contribution in [2.24, 2.45) is 0 Å². The summed E-state index contributed by atoms with van der Waals surface area (Å²) in [4.78, 5) is 28.8. The van der Waals surface area contributed by atoms with Gasteiger partial charge < -0.3 is 9.80 Å². The Bertz CT molecular complexity index is 867. The number of hydrogen-bond acceptors (Lipinski definition) is 2. The highest BCUT2D eigenvalue weighted by atomic mass is 16.2. The van der Waals surface area contributed by atoms with Gasteiger partial charge >= 0.3 is 0 Å². The number of amides is 2. The van der Waals surface area contributed by atoms with E-state index in [1.807, 2.05) is 49.3 Å². The third-order valence-electron chi connectivity index (χ3n) is 6.56. The molecule has 28 heavy (non-hydrogen) atoms. The van der Waals surface area contributed by atoms with Crippen LogP contribution < -0.4 is 0 Å². The predicted octanol–water partition coefficient (Wildman–Crippen LogP) is 3.83. The van der Waals surface area contributed by atoms with Crippen LogP contribution in [0.1, 0.15) is 53.1 Å². The first kappa shape index (κ1) is 18.7. The fraction of sp³-hybridized carbons (Fsp3) is 0.417. The molecule has 0 radical (unpaired) electrons. The number of nitrogens with zero attached hydrogens (tertiary/aromatic N) is 2. The monoisotopic (exact) mass is 376 g/mol. The van der Waals surface area contributed by atoms with Crippen molar-refractivity contribution in [3.63, 3.8) is 0 Å². The molecule has 0 bridgehead atoms. The highest BCUT2D eigenvalue weighted by molar-refractivity contribution is 5.94. The maximum absolute atomic E-state index is 12.8. The largest absolute Gasteiger partial charge is 0.349 e. The van der Waals surface area contributed by atoms with E-state index in [1.54, 1.807) is 4.90 Å². The lowest BCUT2D eigenvalue weighted by Gasteiger charge is -2.40. The lowest BCUT2D eigenvalue weighted by Crippen LogP contribution is -2.44. The first-order valence-electron chi connectivity index (χ1n) is 10.1. The van der Waals surface area contributed by atoms with Crippen molar-refractivity contribution in [2.45, 2.75) is 37.0 Å². The van der Waals surface area contributed by atoms with E-state index in [4.69, 9.17) is 0 Å². The van der Waals surface area contributed by atoms with Crippen molar-refractivity contribution in [1.82, 2.24) is 9.80 Å². The fourth-order valence-corrected chi connectivity index (χ4v) is 4.98. The Morgan fingerprint density at radius 2 is 1.64 bits per heavy atom. The van der Waals surface area contributed by atoms with E-state index in [1.165, 1.54) is 11.1 Å². The first-order chi connectivity index (χ1) is 13.5. The predicted molar refractivity (Wildman–Crippen MR) is 110 cm³/mol. The molecule has 1 spiro atoms. The van der Waals surface area contributed by atoms with Crippen LogP contribution in [0.3, 0.4) is 0 Å². The van der Waals surface area contributed by atoms with Gasteiger partial charge in [0.15, 0.2) is 0 Å². The van der Waals surface area contributed by atoms with Crippen molar-refractivity contribution in [3.8, 4) is 0 Å². The second kappa shape index (κ2) is 7.42. The Hall–Kier alpha value is -2.62. The van der Waals surface area contributed by atoms with E-state index in [2.05, 4.69) is 24.3 Å². The van der Waals surface area contributed by atoms with Crippen LogP contribution in [0.5, 0.6) is 0 Å². The average Bonchev–Trinajstić information content (AvgIpc) is 3.02. The van der Waals surface area contributed by atoms with Gasteiger partial charge in [0.05, 0.1) is 0 Å². The van der Waals surface area contributed by atoms with Crippen LogP contribution in [0, 0.1) is 0 Å². The minimum Gasteiger partial charge on any atom is -0.349 e. The summed E-state index contributed by atoms with van der Waals surface area (Å²) in [7, 11) is 3.65. The van der Waals surface area contributed by atoms with E-state index in [-0.39, 0.29) is 23.1 Å². The third-order valence-corrected chi connectivity index (χ3v) is 6.56. The molecule has 4 nitrogen and oxygen atoms in total. The number of rotatable bonds is 3. The zero-order chi connectivity index (χ0) is 19.7. The van der Waals surface area contributed by atoms with Crippen LogP contribution in [-0.2, 0) is 10.2 Å². The Balaban J connectivity index is 1.52. The smallest absolute Gasteiger partial charge is 0.253 e. The molecule has 146 valence electrons. The molecule has 1 aliphatic carbocycles. The highest BCUT2D eigenvalue weighted by Gasteiger charge is 2.46. The lowest BCUT2D eigenvalue weighted by molar-refractivity contribution is -0.129. The van der Waals surface area contributed by atoms with Gasteiger partial charge in [-0.05, 0) is 53.9 Å². The summed E-state index contributed by atoms with van der Waals surface area (Å²) < 4.78 is 0. The molecule has 2 aromatic carbocycles. The summed E-state index contributed by atoms with van der Waals surface area (Å²) in [6.07, 6.45) is 3.52. The summed E-state index contributed by atoms with van der Waals surface area (Å²) >= 11 is 0. The number of fused-ring (bicyclic) bond motifs is 2. The van der Waals surface area contributed by atoms with E-state index >= 15 is 0 Å². The Morgan fingerprint density at radius 1 is 1.00 bits per heavy atom. The topological polar surface area (TPSA) is 40.6 Å². The molecular weight excluding hydrogens is 348 g/mol. The number of carbonyl (C=O) groups is 2. The fourth-order valence-electron chi connectivity index (χ4n) is 4.98. The van der Waals surface area contributed by atoms with Crippen molar-refractivity contribution in [2.75, 3.05) is 27.2 Å². The van der Waals surface area contributed by atoms with Crippen molar-refractivity contribution < 1.29 is 9.59 Å². The minimum atomic E-state index is 0.0985. The van der Waals surface area contributed by atoms with Crippen molar-refractivity contribution in [1.29, 1.82) is 0 Å². The highest BCUT2D eigenvalue weighted by Crippen LogP contribution is 2.52. The van der Waals surface area contributed by atoms with Gasteiger partial charge in [0, 0.05) is 39.2 Å². The molecule has 1 aliphatic heterocycles. The Morgan fingerprint density at radius 3 is 2.32 bits per heavy atom. The van der Waals surface area contributed by atoms with Crippen molar-refractivity contribution in [3.05, 3.63) is 71.3 Å². The Labute approximate surface area is 167 Å². The Kier molecular flexibility index (Phi) is 4.96. The molecule has 2 amide bonds. The zero-order valence-electron chi connectivity index (χ0n) is 16.7. The second-order valence-corrected chi connectivity index (χ2v) is 8.42. The molecule has 0 aromatic heterocycles.